The molecule has 1 spiro atoms. The van der Waals surface area contributed by atoms with E-state index in [1.54, 1.807) is 0 Å². The molecule has 1 unspecified atom stereocenters. The van der Waals surface area contributed by atoms with Crippen molar-refractivity contribution in [1.82, 2.24) is 9.80 Å². The van der Waals surface area contributed by atoms with Gasteiger partial charge in [0.25, 0.3) is 0 Å². The van der Waals surface area contributed by atoms with Crippen molar-refractivity contribution >= 4 is 30.1 Å². The van der Waals surface area contributed by atoms with Crippen LogP contribution < -0.4 is 10.4 Å². The van der Waals surface area contributed by atoms with Crippen LogP contribution in [-0.2, 0) is 29.0 Å². The van der Waals surface area contributed by atoms with Gasteiger partial charge in [-0.25, -0.2) is 0 Å². The molecule has 7 rings (SSSR count). The molecule has 43 heavy (non-hydrogen) atoms. The second kappa shape index (κ2) is 10.3. The number of hydrogen-bond donors (Lipinski definition) is 0. The van der Waals surface area contributed by atoms with Gasteiger partial charge in [0.05, 0.1) is 29.1 Å². The molecule has 1 atom stereocenters. The molecule has 6 aliphatic rings. The van der Waals surface area contributed by atoms with E-state index in [1.807, 2.05) is 4.90 Å². The Bertz CT molecular complexity index is 1260. The number of nitrogens with zero attached hydrogens (tertiary/aromatic N) is 3. The number of fused-ring (bicyclic) bond motifs is 2. The molecule has 2 amide bonds. The Balaban J connectivity index is 1.15. The van der Waals surface area contributed by atoms with Crippen LogP contribution in [0.3, 0.4) is 0 Å². The van der Waals surface area contributed by atoms with Gasteiger partial charge in [-0.05, 0) is 102 Å². The lowest BCUT2D eigenvalue weighted by Crippen LogP contribution is -2.58. The number of anilines is 1. The Kier molecular flexibility index (Phi) is 7.12. The Labute approximate surface area is 257 Å². The third kappa shape index (κ3) is 4.88. The van der Waals surface area contributed by atoms with Crippen LogP contribution in [0.2, 0.25) is 0 Å². The third-order valence-electron chi connectivity index (χ3n) is 12.1. The molecule has 234 valence electrons. The summed E-state index contributed by atoms with van der Waals surface area (Å²) in [7, 11) is -0.470. The smallest absolute Gasteiger partial charge is 0.399 e. The fourth-order valence-electron chi connectivity index (χ4n) is 8.42. The first kappa shape index (κ1) is 29.8. The maximum atomic E-state index is 14.6. The standard InChI is InChI=1S/C34H50BN3O5/c1-31(2)11-14-37(22-31)25-19-26(20-25)38-28-18-24(35-42-32(3,4)33(5,6)43-35)9-10-27(28)34(30(38)40)12-15-36(16-13-34)29(39)23-8-7-17-41-21-23/h9-10,18,23,25-26H,7-8,11-17,19-22H2,1-6H3. The zero-order valence-corrected chi connectivity index (χ0v) is 27.1. The maximum absolute atomic E-state index is 14.6. The molecule has 5 aliphatic heterocycles. The summed E-state index contributed by atoms with van der Waals surface area (Å²) in [6.07, 6.45) is 6.45. The predicted octanol–water partition coefficient (Wildman–Crippen LogP) is 3.88. The van der Waals surface area contributed by atoms with E-state index < -0.39 is 23.7 Å². The number of hydrogen-bond acceptors (Lipinski definition) is 6. The summed E-state index contributed by atoms with van der Waals surface area (Å²) in [5, 5.41) is 0. The molecular formula is C34H50BN3O5. The number of ether oxygens (including phenoxy) is 1. The van der Waals surface area contributed by atoms with Crippen molar-refractivity contribution < 1.29 is 23.6 Å². The monoisotopic (exact) mass is 591 g/mol. The van der Waals surface area contributed by atoms with Gasteiger partial charge < -0.3 is 23.8 Å². The van der Waals surface area contributed by atoms with Crippen molar-refractivity contribution in [2.75, 3.05) is 44.3 Å². The van der Waals surface area contributed by atoms with Gasteiger partial charge >= 0.3 is 7.12 Å². The summed E-state index contributed by atoms with van der Waals surface area (Å²) in [6.45, 7) is 17.8. The van der Waals surface area contributed by atoms with Gasteiger partial charge in [0, 0.05) is 44.0 Å². The fourth-order valence-corrected chi connectivity index (χ4v) is 8.42. The highest BCUT2D eigenvalue weighted by Gasteiger charge is 2.57. The normalized spacial score (nSPS) is 32.7. The molecule has 0 bridgehead atoms. The summed E-state index contributed by atoms with van der Waals surface area (Å²) in [5.74, 6) is 0.381. The molecule has 1 aromatic rings. The lowest BCUT2D eigenvalue weighted by Gasteiger charge is -2.47. The fraction of sp³-hybridized carbons (Fsp3) is 0.765. The molecule has 0 radical (unpaired) electrons. The number of benzene rings is 1. The summed E-state index contributed by atoms with van der Waals surface area (Å²) in [5.41, 5.74) is 2.05. The number of piperidine rings is 1. The summed E-state index contributed by atoms with van der Waals surface area (Å²) in [6, 6.07) is 7.19. The van der Waals surface area contributed by atoms with Crippen molar-refractivity contribution in [1.29, 1.82) is 0 Å². The minimum absolute atomic E-state index is 0.0455. The van der Waals surface area contributed by atoms with Gasteiger partial charge in [0.15, 0.2) is 0 Å². The molecule has 1 aliphatic carbocycles. The molecule has 1 saturated carbocycles. The van der Waals surface area contributed by atoms with Gasteiger partial charge in [0.1, 0.15) is 0 Å². The van der Waals surface area contributed by atoms with Crippen LogP contribution in [0.15, 0.2) is 18.2 Å². The van der Waals surface area contributed by atoms with Crippen LogP contribution in [-0.4, -0.2) is 91.4 Å². The molecule has 9 heteroatoms. The minimum atomic E-state index is -0.579. The average Bonchev–Trinajstić information content (AvgIpc) is 3.50. The number of carbonyl (C=O) groups is 2. The second-order valence-corrected chi connectivity index (χ2v) is 16.0. The van der Waals surface area contributed by atoms with Gasteiger partial charge in [-0.15, -0.1) is 0 Å². The van der Waals surface area contributed by atoms with Crippen molar-refractivity contribution in [2.45, 2.75) is 115 Å². The Morgan fingerprint density at radius 1 is 0.930 bits per heavy atom. The van der Waals surface area contributed by atoms with E-state index in [2.05, 4.69) is 69.5 Å². The van der Waals surface area contributed by atoms with Gasteiger partial charge in [-0.2, -0.15) is 0 Å². The summed E-state index contributed by atoms with van der Waals surface area (Å²) < 4.78 is 18.5. The molecule has 5 heterocycles. The molecule has 8 nitrogen and oxygen atoms in total. The van der Waals surface area contributed by atoms with E-state index in [4.69, 9.17) is 14.0 Å². The van der Waals surface area contributed by atoms with Crippen LogP contribution >= 0.6 is 0 Å². The van der Waals surface area contributed by atoms with Crippen molar-refractivity contribution in [2.24, 2.45) is 11.3 Å². The summed E-state index contributed by atoms with van der Waals surface area (Å²) >= 11 is 0. The van der Waals surface area contributed by atoms with Crippen LogP contribution in [0.5, 0.6) is 0 Å². The van der Waals surface area contributed by atoms with Crippen LogP contribution in [0.4, 0.5) is 5.69 Å². The van der Waals surface area contributed by atoms with Crippen LogP contribution in [0.1, 0.15) is 92.1 Å². The SMILES string of the molecule is CC1(C)CCN(C2CC(N3C(=O)C4(CCN(C(=O)C5CCCOC5)CC4)c4ccc(B5OC(C)(C)C(C)(C)O5)cc43)C2)C1. The van der Waals surface area contributed by atoms with E-state index in [9.17, 15) is 9.59 Å². The van der Waals surface area contributed by atoms with E-state index in [1.165, 1.54) is 6.42 Å². The topological polar surface area (TPSA) is 71.6 Å². The van der Waals surface area contributed by atoms with Crippen LogP contribution in [0.25, 0.3) is 0 Å². The van der Waals surface area contributed by atoms with E-state index >= 15 is 0 Å². The first-order valence-corrected chi connectivity index (χ1v) is 16.7. The average molecular weight is 592 g/mol. The zero-order valence-electron chi connectivity index (χ0n) is 27.1. The Morgan fingerprint density at radius 3 is 2.23 bits per heavy atom. The number of carbonyl (C=O) groups excluding carboxylic acids is 2. The second-order valence-electron chi connectivity index (χ2n) is 16.0. The predicted molar refractivity (Wildman–Crippen MR) is 167 cm³/mol. The van der Waals surface area contributed by atoms with Crippen molar-refractivity contribution in [3.8, 4) is 0 Å². The van der Waals surface area contributed by atoms with E-state index in [-0.39, 0.29) is 23.8 Å². The zero-order chi connectivity index (χ0) is 30.4. The highest BCUT2D eigenvalue weighted by molar-refractivity contribution is 6.62. The first-order valence-electron chi connectivity index (χ1n) is 16.7. The minimum Gasteiger partial charge on any atom is -0.399 e. The maximum Gasteiger partial charge on any atom is 0.494 e. The first-order chi connectivity index (χ1) is 20.3. The number of rotatable bonds is 4. The molecule has 5 fully saturated rings. The van der Waals surface area contributed by atoms with E-state index in [0.29, 0.717) is 44.0 Å². The van der Waals surface area contributed by atoms with Crippen LogP contribution in [0, 0.1) is 11.3 Å². The van der Waals surface area contributed by atoms with E-state index in [0.717, 1.165) is 62.1 Å². The molecule has 4 saturated heterocycles. The van der Waals surface area contributed by atoms with Gasteiger partial charge in [0.2, 0.25) is 11.8 Å². The van der Waals surface area contributed by atoms with Crippen molar-refractivity contribution in [3.63, 3.8) is 0 Å². The highest BCUT2D eigenvalue weighted by atomic mass is 16.7. The molecular weight excluding hydrogens is 541 g/mol. The number of likely N-dealkylation sites (tertiary alicyclic amines) is 2. The molecule has 0 aromatic heterocycles. The Hall–Kier alpha value is -1.94. The van der Waals surface area contributed by atoms with Crippen molar-refractivity contribution in [3.05, 3.63) is 23.8 Å². The van der Waals surface area contributed by atoms with Gasteiger partial charge in [-0.1, -0.05) is 26.0 Å². The lowest BCUT2D eigenvalue weighted by molar-refractivity contribution is -0.143. The van der Waals surface area contributed by atoms with Gasteiger partial charge in [-0.3, -0.25) is 14.5 Å². The lowest BCUT2D eigenvalue weighted by atomic mass is 9.71. The Morgan fingerprint density at radius 2 is 1.63 bits per heavy atom. The summed E-state index contributed by atoms with van der Waals surface area (Å²) in [4.78, 5) is 34.8. The quantitative estimate of drug-likeness (QED) is 0.496. The third-order valence-corrected chi connectivity index (χ3v) is 12.1. The highest BCUT2D eigenvalue weighted by Crippen LogP contribution is 2.51. The largest absolute Gasteiger partial charge is 0.494 e. The molecule has 1 aromatic carbocycles. The molecule has 0 N–H and O–H groups in total. The number of amides is 2.